The van der Waals surface area contributed by atoms with Gasteiger partial charge in [0.25, 0.3) is 0 Å². The zero-order valence-corrected chi connectivity index (χ0v) is 11.1. The minimum atomic E-state index is 0.235. The number of ether oxygens (including phenoxy) is 1. The predicted octanol–water partition coefficient (Wildman–Crippen LogP) is 1.41. The lowest BCUT2D eigenvalue weighted by Gasteiger charge is -2.36. The van der Waals surface area contributed by atoms with E-state index in [-0.39, 0.29) is 12.2 Å². The third kappa shape index (κ3) is 2.24. The van der Waals surface area contributed by atoms with Crippen molar-refractivity contribution in [3.63, 3.8) is 0 Å². The van der Waals surface area contributed by atoms with Crippen molar-refractivity contribution >= 4 is 11.5 Å². The summed E-state index contributed by atoms with van der Waals surface area (Å²) >= 11 is 0. The third-order valence-electron chi connectivity index (χ3n) is 3.16. The highest BCUT2D eigenvalue weighted by molar-refractivity contribution is 5.66. The summed E-state index contributed by atoms with van der Waals surface area (Å²) in [6.45, 7) is 10.8. The summed E-state index contributed by atoms with van der Waals surface area (Å²) in [7, 11) is 0. The maximum Gasteiger partial charge on any atom is 0.150 e. The minimum absolute atomic E-state index is 0.235. The van der Waals surface area contributed by atoms with Gasteiger partial charge in [0.1, 0.15) is 0 Å². The molecule has 0 spiro atoms. The molecule has 5 nitrogen and oxygen atoms in total. The number of nitrogens with zero attached hydrogens (tertiary/aromatic N) is 3. The van der Waals surface area contributed by atoms with E-state index in [2.05, 4.69) is 30.8 Å². The van der Waals surface area contributed by atoms with Crippen molar-refractivity contribution in [2.45, 2.75) is 46.4 Å². The molecule has 96 valence electrons. The molecule has 2 heterocycles. The molecule has 2 unspecified atom stereocenters. The van der Waals surface area contributed by atoms with E-state index in [1.54, 1.807) is 0 Å². The van der Waals surface area contributed by atoms with Gasteiger partial charge >= 0.3 is 0 Å². The van der Waals surface area contributed by atoms with E-state index in [4.69, 9.17) is 10.5 Å². The molecule has 17 heavy (non-hydrogen) atoms. The minimum Gasteiger partial charge on any atom is -0.394 e. The highest BCUT2D eigenvalue weighted by Gasteiger charge is 2.26. The van der Waals surface area contributed by atoms with Crippen LogP contribution in [0.2, 0.25) is 0 Å². The fourth-order valence-corrected chi connectivity index (χ4v) is 2.49. The molecule has 2 rings (SSSR count). The molecule has 0 amide bonds. The standard InChI is InChI=1S/C12H22N4O/c1-5-16-12(11(13)10(4)14-16)15-6-8(2)17-9(3)7-15/h8-9H,5-7,13H2,1-4H3. The lowest BCUT2D eigenvalue weighted by Crippen LogP contribution is -2.46. The summed E-state index contributed by atoms with van der Waals surface area (Å²) in [4.78, 5) is 2.29. The maximum absolute atomic E-state index is 6.13. The molecule has 1 aliphatic rings. The average Bonchev–Trinajstić information content (AvgIpc) is 2.53. The van der Waals surface area contributed by atoms with Crippen LogP contribution in [-0.2, 0) is 11.3 Å². The Kier molecular flexibility index (Phi) is 3.28. The average molecular weight is 238 g/mol. The topological polar surface area (TPSA) is 56.3 Å². The van der Waals surface area contributed by atoms with E-state index in [0.717, 1.165) is 36.8 Å². The number of morpholine rings is 1. The number of nitrogens with two attached hydrogens (primary N) is 1. The molecular formula is C12H22N4O. The summed E-state index contributed by atoms with van der Waals surface area (Å²) in [5, 5.41) is 4.46. The van der Waals surface area contributed by atoms with Gasteiger partial charge in [-0.3, -0.25) is 0 Å². The van der Waals surface area contributed by atoms with Gasteiger partial charge in [-0.15, -0.1) is 0 Å². The smallest absolute Gasteiger partial charge is 0.150 e. The summed E-state index contributed by atoms with van der Waals surface area (Å²) in [6.07, 6.45) is 0.470. The quantitative estimate of drug-likeness (QED) is 0.846. The number of nitrogen functional groups attached to an aromatic ring is 1. The molecule has 0 aliphatic carbocycles. The molecule has 0 saturated carbocycles. The second-order valence-electron chi connectivity index (χ2n) is 4.80. The lowest BCUT2D eigenvalue weighted by atomic mass is 10.2. The Labute approximate surface area is 103 Å². The fourth-order valence-electron chi connectivity index (χ4n) is 2.49. The van der Waals surface area contributed by atoms with Crippen molar-refractivity contribution in [3.05, 3.63) is 5.69 Å². The van der Waals surface area contributed by atoms with E-state index in [9.17, 15) is 0 Å². The van der Waals surface area contributed by atoms with Gasteiger partial charge in [-0.05, 0) is 27.7 Å². The van der Waals surface area contributed by atoms with Crippen molar-refractivity contribution < 1.29 is 4.74 Å². The fraction of sp³-hybridized carbons (Fsp3) is 0.750. The van der Waals surface area contributed by atoms with Gasteiger partial charge < -0.3 is 15.4 Å². The van der Waals surface area contributed by atoms with Gasteiger partial charge in [0.05, 0.1) is 23.6 Å². The van der Waals surface area contributed by atoms with Crippen molar-refractivity contribution in [2.75, 3.05) is 23.7 Å². The van der Waals surface area contributed by atoms with Crippen molar-refractivity contribution in [2.24, 2.45) is 0 Å². The van der Waals surface area contributed by atoms with Crippen LogP contribution < -0.4 is 10.6 Å². The van der Waals surface area contributed by atoms with Crippen LogP contribution in [0.5, 0.6) is 0 Å². The SMILES string of the molecule is CCn1nc(C)c(N)c1N1CC(C)OC(C)C1. The van der Waals surface area contributed by atoms with Gasteiger partial charge in [0, 0.05) is 19.6 Å². The Morgan fingerprint density at radius 2 is 1.94 bits per heavy atom. The molecule has 1 aromatic heterocycles. The molecule has 2 atom stereocenters. The molecular weight excluding hydrogens is 216 g/mol. The molecule has 1 aliphatic heterocycles. The van der Waals surface area contributed by atoms with Crippen LogP contribution in [0.25, 0.3) is 0 Å². The first-order chi connectivity index (χ1) is 8.02. The third-order valence-corrected chi connectivity index (χ3v) is 3.16. The molecule has 0 bridgehead atoms. The monoisotopic (exact) mass is 238 g/mol. The lowest BCUT2D eigenvalue weighted by molar-refractivity contribution is -0.00564. The summed E-state index contributed by atoms with van der Waals surface area (Å²) in [6, 6.07) is 0. The van der Waals surface area contributed by atoms with E-state index < -0.39 is 0 Å². The van der Waals surface area contributed by atoms with E-state index in [0.29, 0.717) is 0 Å². The van der Waals surface area contributed by atoms with Crippen LogP contribution in [0, 0.1) is 6.92 Å². The van der Waals surface area contributed by atoms with Gasteiger partial charge in [-0.1, -0.05) is 0 Å². The molecule has 1 saturated heterocycles. The second-order valence-corrected chi connectivity index (χ2v) is 4.80. The first-order valence-electron chi connectivity index (χ1n) is 6.26. The molecule has 1 fully saturated rings. The molecule has 5 heteroatoms. The van der Waals surface area contributed by atoms with Crippen LogP contribution in [0.1, 0.15) is 26.5 Å². The molecule has 2 N–H and O–H groups in total. The Hall–Kier alpha value is -1.23. The van der Waals surface area contributed by atoms with Gasteiger partial charge in [-0.2, -0.15) is 5.10 Å². The van der Waals surface area contributed by atoms with Crippen LogP contribution in [-0.4, -0.2) is 35.1 Å². The van der Waals surface area contributed by atoms with Crippen LogP contribution in [0.3, 0.4) is 0 Å². The Morgan fingerprint density at radius 3 is 2.47 bits per heavy atom. The van der Waals surface area contributed by atoms with E-state index in [1.807, 2.05) is 11.6 Å². The molecule has 0 aromatic carbocycles. The predicted molar refractivity (Wildman–Crippen MR) is 69.3 cm³/mol. The number of anilines is 2. The van der Waals surface area contributed by atoms with Gasteiger partial charge in [0.15, 0.2) is 5.82 Å². The highest BCUT2D eigenvalue weighted by atomic mass is 16.5. The Balaban J connectivity index is 2.32. The van der Waals surface area contributed by atoms with Crippen molar-refractivity contribution in [1.29, 1.82) is 0 Å². The van der Waals surface area contributed by atoms with Crippen molar-refractivity contribution in [3.8, 4) is 0 Å². The van der Waals surface area contributed by atoms with Gasteiger partial charge in [0.2, 0.25) is 0 Å². The van der Waals surface area contributed by atoms with Crippen LogP contribution in [0.15, 0.2) is 0 Å². The van der Waals surface area contributed by atoms with Crippen LogP contribution in [0.4, 0.5) is 11.5 Å². The highest BCUT2D eigenvalue weighted by Crippen LogP contribution is 2.28. The summed E-state index contributed by atoms with van der Waals surface area (Å²) in [5.41, 5.74) is 7.84. The maximum atomic E-state index is 6.13. The number of hydrogen-bond acceptors (Lipinski definition) is 4. The van der Waals surface area contributed by atoms with Crippen LogP contribution >= 0.6 is 0 Å². The zero-order valence-electron chi connectivity index (χ0n) is 11.1. The number of aryl methyl sites for hydroxylation is 2. The Bertz CT molecular complexity index is 391. The van der Waals surface area contributed by atoms with Crippen molar-refractivity contribution in [1.82, 2.24) is 9.78 Å². The van der Waals surface area contributed by atoms with E-state index in [1.165, 1.54) is 0 Å². The largest absolute Gasteiger partial charge is 0.394 e. The number of aromatic nitrogens is 2. The molecule has 0 radical (unpaired) electrons. The molecule has 1 aromatic rings. The first-order valence-corrected chi connectivity index (χ1v) is 6.26. The Morgan fingerprint density at radius 1 is 1.35 bits per heavy atom. The first kappa shape index (κ1) is 12.2. The van der Waals surface area contributed by atoms with E-state index >= 15 is 0 Å². The van der Waals surface area contributed by atoms with Gasteiger partial charge in [-0.25, -0.2) is 4.68 Å². The zero-order chi connectivity index (χ0) is 12.6. The summed E-state index contributed by atoms with van der Waals surface area (Å²) < 4.78 is 7.73. The number of hydrogen-bond donors (Lipinski definition) is 1. The summed E-state index contributed by atoms with van der Waals surface area (Å²) in [5.74, 6) is 1.05. The normalized spacial score (nSPS) is 25.3. The number of rotatable bonds is 2. The second kappa shape index (κ2) is 4.56.